The maximum absolute atomic E-state index is 2.39. The molecule has 0 saturated heterocycles. The molecule has 0 aromatic heterocycles. The van der Waals surface area contributed by atoms with E-state index in [0.29, 0.717) is 11.8 Å². The van der Waals surface area contributed by atoms with Crippen molar-refractivity contribution >= 4 is 0 Å². The van der Waals surface area contributed by atoms with Gasteiger partial charge in [0.05, 0.1) is 5.41 Å². The Morgan fingerprint density at radius 3 is 1.71 bits per heavy atom. The average molecular weight is 401 g/mol. The van der Waals surface area contributed by atoms with E-state index in [1.807, 2.05) is 0 Å². The van der Waals surface area contributed by atoms with Crippen molar-refractivity contribution in [1.82, 2.24) is 0 Å². The van der Waals surface area contributed by atoms with Crippen LogP contribution in [0.4, 0.5) is 0 Å². The van der Waals surface area contributed by atoms with Gasteiger partial charge in [0.25, 0.3) is 0 Å². The van der Waals surface area contributed by atoms with E-state index in [-0.39, 0.29) is 5.41 Å². The molecule has 152 valence electrons. The van der Waals surface area contributed by atoms with Crippen molar-refractivity contribution in [3.63, 3.8) is 0 Å². The highest BCUT2D eigenvalue weighted by Gasteiger charge is 2.53. The molecule has 2 aliphatic rings. The Hall–Kier alpha value is -3.12. The van der Waals surface area contributed by atoms with Crippen molar-refractivity contribution in [2.45, 2.75) is 44.9 Å². The van der Waals surface area contributed by atoms with Crippen molar-refractivity contribution < 1.29 is 0 Å². The molecule has 4 aromatic rings. The Balaban J connectivity index is 1.87. The molecule has 0 bridgehead atoms. The molecule has 0 amide bonds. The minimum atomic E-state index is -0.233. The zero-order chi connectivity index (χ0) is 21.3. The molecule has 1 spiro atoms. The van der Waals surface area contributed by atoms with Gasteiger partial charge in [-0.25, -0.2) is 0 Å². The summed E-state index contributed by atoms with van der Waals surface area (Å²) in [6.45, 7) is 9.30. The lowest BCUT2D eigenvalue weighted by Crippen LogP contribution is -2.27. The van der Waals surface area contributed by atoms with Gasteiger partial charge in [-0.1, -0.05) is 113 Å². The number of fused-ring (bicyclic) bond motifs is 10. The summed E-state index contributed by atoms with van der Waals surface area (Å²) < 4.78 is 0. The van der Waals surface area contributed by atoms with E-state index in [0.717, 1.165) is 0 Å². The summed E-state index contributed by atoms with van der Waals surface area (Å²) in [5, 5.41) is 0. The van der Waals surface area contributed by atoms with E-state index < -0.39 is 0 Å². The van der Waals surface area contributed by atoms with Crippen molar-refractivity contribution in [3.8, 4) is 22.3 Å². The highest BCUT2D eigenvalue weighted by molar-refractivity contribution is 5.96. The van der Waals surface area contributed by atoms with Crippen LogP contribution >= 0.6 is 0 Å². The van der Waals surface area contributed by atoms with E-state index in [4.69, 9.17) is 0 Å². The van der Waals surface area contributed by atoms with Gasteiger partial charge in [-0.15, -0.1) is 0 Å². The topological polar surface area (TPSA) is 0 Å². The molecule has 2 aliphatic carbocycles. The molecule has 0 saturated carbocycles. The smallest absolute Gasteiger partial charge is 0.0619 e. The van der Waals surface area contributed by atoms with Gasteiger partial charge < -0.3 is 0 Å². The lowest BCUT2D eigenvalue weighted by atomic mass is 9.68. The van der Waals surface area contributed by atoms with Crippen LogP contribution in [0.15, 0.2) is 84.9 Å². The molecular formula is C31H28. The van der Waals surface area contributed by atoms with E-state index >= 15 is 0 Å². The first-order valence-electron chi connectivity index (χ1n) is 11.5. The Morgan fingerprint density at radius 2 is 1.00 bits per heavy atom. The Bertz CT molecular complexity index is 1340. The van der Waals surface area contributed by atoms with Gasteiger partial charge in [0.15, 0.2) is 0 Å². The van der Waals surface area contributed by atoms with Crippen LogP contribution in [-0.2, 0) is 5.41 Å². The van der Waals surface area contributed by atoms with Gasteiger partial charge in [-0.05, 0) is 67.5 Å². The molecular weight excluding hydrogens is 372 g/mol. The third-order valence-corrected chi connectivity index (χ3v) is 7.44. The van der Waals surface area contributed by atoms with E-state index in [9.17, 15) is 0 Å². The lowest BCUT2D eigenvalue weighted by Gasteiger charge is -2.33. The predicted molar refractivity (Wildman–Crippen MR) is 131 cm³/mol. The van der Waals surface area contributed by atoms with Crippen LogP contribution in [-0.4, -0.2) is 0 Å². The molecule has 31 heavy (non-hydrogen) atoms. The molecule has 1 unspecified atom stereocenters. The molecule has 0 N–H and O–H groups in total. The van der Waals surface area contributed by atoms with Crippen LogP contribution in [0.25, 0.3) is 22.3 Å². The number of hydrogen-bond acceptors (Lipinski definition) is 0. The number of benzene rings is 4. The lowest BCUT2D eigenvalue weighted by molar-refractivity contribution is 0.749. The summed E-state index contributed by atoms with van der Waals surface area (Å²) in [5.41, 5.74) is 14.2. The molecule has 6 rings (SSSR count). The van der Waals surface area contributed by atoms with Crippen LogP contribution in [0, 0.1) is 0 Å². The molecule has 0 heterocycles. The molecule has 4 aromatic carbocycles. The van der Waals surface area contributed by atoms with Gasteiger partial charge in [0.2, 0.25) is 0 Å². The van der Waals surface area contributed by atoms with E-state index in [1.54, 1.807) is 0 Å². The molecule has 1 atom stereocenters. The SMILES string of the molecule is CC(C)c1cccc2c1-c1ccccc1C21c2ccccc2-c2cccc(C(C)C)c21. The van der Waals surface area contributed by atoms with Crippen molar-refractivity contribution in [3.05, 3.63) is 118 Å². The maximum Gasteiger partial charge on any atom is 0.0728 e. The van der Waals surface area contributed by atoms with Crippen LogP contribution in [0.3, 0.4) is 0 Å². The van der Waals surface area contributed by atoms with Gasteiger partial charge >= 0.3 is 0 Å². The summed E-state index contributed by atoms with van der Waals surface area (Å²) in [7, 11) is 0. The van der Waals surface area contributed by atoms with Crippen LogP contribution in [0.2, 0.25) is 0 Å². The van der Waals surface area contributed by atoms with E-state index in [2.05, 4.69) is 113 Å². The zero-order valence-electron chi connectivity index (χ0n) is 18.7. The fourth-order valence-electron chi connectivity index (χ4n) is 6.27. The summed E-state index contributed by atoms with van der Waals surface area (Å²) in [6, 6.07) is 32.2. The largest absolute Gasteiger partial charge is 0.0728 e. The first kappa shape index (κ1) is 18.6. The monoisotopic (exact) mass is 400 g/mol. The first-order chi connectivity index (χ1) is 15.1. The summed E-state index contributed by atoms with van der Waals surface area (Å²) in [4.78, 5) is 0. The highest BCUT2D eigenvalue weighted by Crippen LogP contribution is 2.64. The fourth-order valence-corrected chi connectivity index (χ4v) is 6.27. The van der Waals surface area contributed by atoms with Crippen molar-refractivity contribution in [1.29, 1.82) is 0 Å². The Labute approximate surface area is 185 Å². The van der Waals surface area contributed by atoms with Crippen molar-refractivity contribution in [2.24, 2.45) is 0 Å². The molecule has 0 radical (unpaired) electrons. The predicted octanol–water partition coefficient (Wildman–Crippen LogP) is 8.28. The number of rotatable bonds is 2. The summed E-state index contributed by atoms with van der Waals surface area (Å²) in [5.74, 6) is 0.945. The zero-order valence-corrected chi connectivity index (χ0v) is 18.7. The highest BCUT2D eigenvalue weighted by atomic mass is 14.5. The standard InChI is InChI=1S/C31H28/c1-19(2)21-13-10-18-28-29(21)25-12-6-8-17-27(25)31(28)26-16-7-5-11-23(26)24-15-9-14-22(20(3)4)30(24)31/h5-20H,1-4H3. The van der Waals surface area contributed by atoms with Gasteiger partial charge in [-0.3, -0.25) is 0 Å². The molecule has 0 heteroatoms. The molecule has 0 fully saturated rings. The Morgan fingerprint density at radius 1 is 0.484 bits per heavy atom. The Kier molecular flexibility index (Phi) is 3.87. The fraction of sp³-hybridized carbons (Fsp3) is 0.226. The van der Waals surface area contributed by atoms with Gasteiger partial charge in [-0.2, -0.15) is 0 Å². The third-order valence-electron chi connectivity index (χ3n) is 7.44. The maximum atomic E-state index is 2.39. The molecule has 0 aliphatic heterocycles. The third kappa shape index (κ3) is 2.20. The van der Waals surface area contributed by atoms with Crippen molar-refractivity contribution in [2.75, 3.05) is 0 Å². The minimum Gasteiger partial charge on any atom is -0.0619 e. The van der Waals surface area contributed by atoms with E-state index in [1.165, 1.54) is 55.6 Å². The number of hydrogen-bond donors (Lipinski definition) is 0. The van der Waals surface area contributed by atoms with Crippen LogP contribution in [0.1, 0.15) is 72.9 Å². The first-order valence-corrected chi connectivity index (χ1v) is 11.5. The van der Waals surface area contributed by atoms with Gasteiger partial charge in [0.1, 0.15) is 0 Å². The minimum absolute atomic E-state index is 0.233. The normalized spacial score (nSPS) is 17.7. The summed E-state index contributed by atoms with van der Waals surface area (Å²) in [6.07, 6.45) is 0. The quantitative estimate of drug-likeness (QED) is 0.274. The van der Waals surface area contributed by atoms with Crippen LogP contribution in [0.5, 0.6) is 0 Å². The summed E-state index contributed by atoms with van der Waals surface area (Å²) >= 11 is 0. The second-order valence-corrected chi connectivity index (χ2v) is 9.69. The second-order valence-electron chi connectivity index (χ2n) is 9.69. The molecule has 0 nitrogen and oxygen atoms in total. The average Bonchev–Trinajstić information content (AvgIpc) is 3.26. The van der Waals surface area contributed by atoms with Crippen LogP contribution < -0.4 is 0 Å². The van der Waals surface area contributed by atoms with Gasteiger partial charge in [0, 0.05) is 0 Å². The second kappa shape index (κ2) is 6.44.